The summed E-state index contributed by atoms with van der Waals surface area (Å²) in [6, 6.07) is 17.1. The SMILES string of the molecule is O=C(NCc1cccc(N2CCCCC2=O)c1)c1occc1CS(=O)(=O)c1ccccc1. The molecule has 3 aromatic rings. The Bertz CT molecular complexity index is 1220. The number of benzene rings is 2. The largest absolute Gasteiger partial charge is 0.459 e. The zero-order valence-corrected chi connectivity index (χ0v) is 18.3. The van der Waals surface area contributed by atoms with Gasteiger partial charge in [-0.05, 0) is 48.7 Å². The van der Waals surface area contributed by atoms with Crippen LogP contribution in [0.4, 0.5) is 5.69 Å². The first kappa shape index (κ1) is 21.8. The quantitative estimate of drug-likeness (QED) is 0.590. The van der Waals surface area contributed by atoms with Crippen LogP contribution in [0.1, 0.15) is 40.9 Å². The summed E-state index contributed by atoms with van der Waals surface area (Å²) in [6.07, 6.45) is 3.75. The number of hydrogen-bond acceptors (Lipinski definition) is 5. The standard InChI is InChI=1S/C24H24N2O5S/c27-22-11-4-5-13-26(22)20-8-6-7-18(15-20)16-25-24(28)23-19(12-14-31-23)17-32(29,30)21-9-2-1-3-10-21/h1-3,6-10,12,14-15H,4-5,11,13,16-17H2,(H,25,28). The summed E-state index contributed by atoms with van der Waals surface area (Å²) in [5.41, 5.74) is 1.95. The number of piperidine rings is 1. The number of amides is 2. The monoisotopic (exact) mass is 452 g/mol. The van der Waals surface area contributed by atoms with Crippen molar-refractivity contribution in [3.63, 3.8) is 0 Å². The van der Waals surface area contributed by atoms with E-state index in [-0.39, 0.29) is 28.9 Å². The second-order valence-corrected chi connectivity index (χ2v) is 9.69. The van der Waals surface area contributed by atoms with Gasteiger partial charge in [-0.25, -0.2) is 8.42 Å². The third-order valence-corrected chi connectivity index (χ3v) is 7.08. The molecule has 2 aromatic carbocycles. The van der Waals surface area contributed by atoms with Gasteiger partial charge in [0.05, 0.1) is 16.9 Å². The van der Waals surface area contributed by atoms with Crippen molar-refractivity contribution < 1.29 is 22.4 Å². The van der Waals surface area contributed by atoms with E-state index in [2.05, 4.69) is 5.32 Å². The van der Waals surface area contributed by atoms with E-state index in [1.54, 1.807) is 23.1 Å². The van der Waals surface area contributed by atoms with Gasteiger partial charge in [0.2, 0.25) is 5.91 Å². The second-order valence-electron chi connectivity index (χ2n) is 7.70. The average Bonchev–Trinajstić information content (AvgIpc) is 3.26. The Hall–Kier alpha value is -3.39. The van der Waals surface area contributed by atoms with Crippen molar-refractivity contribution in [2.45, 2.75) is 36.5 Å². The molecular formula is C24H24N2O5S. The van der Waals surface area contributed by atoms with Gasteiger partial charge in [-0.2, -0.15) is 0 Å². The number of nitrogens with one attached hydrogen (secondary N) is 1. The van der Waals surface area contributed by atoms with Crippen LogP contribution in [-0.4, -0.2) is 26.8 Å². The van der Waals surface area contributed by atoms with Crippen LogP contribution in [0.25, 0.3) is 0 Å². The van der Waals surface area contributed by atoms with Crippen molar-refractivity contribution in [3.05, 3.63) is 83.8 Å². The molecule has 1 aromatic heterocycles. The molecule has 7 nitrogen and oxygen atoms in total. The van der Waals surface area contributed by atoms with Crippen molar-refractivity contribution in [2.75, 3.05) is 11.4 Å². The first-order valence-electron chi connectivity index (χ1n) is 10.5. The lowest BCUT2D eigenvalue weighted by Crippen LogP contribution is -2.35. The van der Waals surface area contributed by atoms with E-state index in [0.717, 1.165) is 24.1 Å². The lowest BCUT2D eigenvalue weighted by molar-refractivity contribution is -0.119. The molecule has 1 N–H and O–H groups in total. The third kappa shape index (κ3) is 4.91. The summed E-state index contributed by atoms with van der Waals surface area (Å²) in [6.45, 7) is 0.917. The van der Waals surface area contributed by atoms with E-state index in [1.807, 2.05) is 24.3 Å². The minimum atomic E-state index is -3.61. The summed E-state index contributed by atoms with van der Waals surface area (Å²) in [5, 5.41) is 2.78. The molecule has 4 rings (SSSR count). The van der Waals surface area contributed by atoms with Crippen LogP contribution < -0.4 is 10.2 Å². The number of nitrogens with zero attached hydrogens (tertiary/aromatic N) is 1. The van der Waals surface area contributed by atoms with Crippen molar-refractivity contribution in [3.8, 4) is 0 Å². The topological polar surface area (TPSA) is 96.7 Å². The summed E-state index contributed by atoms with van der Waals surface area (Å²) in [5.74, 6) is -0.736. The highest BCUT2D eigenvalue weighted by molar-refractivity contribution is 7.90. The van der Waals surface area contributed by atoms with Gasteiger partial charge in [0.1, 0.15) is 0 Å². The van der Waals surface area contributed by atoms with Crippen molar-refractivity contribution in [2.24, 2.45) is 0 Å². The Morgan fingerprint density at radius 1 is 1.03 bits per heavy atom. The van der Waals surface area contributed by atoms with E-state index >= 15 is 0 Å². The number of rotatable bonds is 7. The zero-order valence-electron chi connectivity index (χ0n) is 17.5. The van der Waals surface area contributed by atoms with Gasteiger partial charge in [0.15, 0.2) is 15.6 Å². The maximum Gasteiger partial charge on any atom is 0.287 e. The Labute approximate surface area is 187 Å². The molecule has 8 heteroatoms. The molecule has 0 saturated carbocycles. The molecule has 0 aliphatic carbocycles. The fourth-order valence-corrected chi connectivity index (χ4v) is 5.12. The molecule has 2 amide bonds. The molecule has 1 aliphatic rings. The minimum Gasteiger partial charge on any atom is -0.459 e. The molecule has 166 valence electrons. The highest BCUT2D eigenvalue weighted by atomic mass is 32.2. The van der Waals surface area contributed by atoms with Gasteiger partial charge >= 0.3 is 0 Å². The Morgan fingerprint density at radius 3 is 2.62 bits per heavy atom. The number of anilines is 1. The van der Waals surface area contributed by atoms with Crippen molar-refractivity contribution in [1.82, 2.24) is 5.32 Å². The van der Waals surface area contributed by atoms with Crippen molar-refractivity contribution >= 4 is 27.3 Å². The molecule has 0 spiro atoms. The molecule has 0 atom stereocenters. The predicted molar refractivity (Wildman–Crippen MR) is 120 cm³/mol. The lowest BCUT2D eigenvalue weighted by Gasteiger charge is -2.27. The summed E-state index contributed by atoms with van der Waals surface area (Å²) >= 11 is 0. The van der Waals surface area contributed by atoms with Crippen LogP contribution in [0.15, 0.2) is 76.2 Å². The van der Waals surface area contributed by atoms with E-state index in [1.165, 1.54) is 24.5 Å². The van der Waals surface area contributed by atoms with Crippen LogP contribution in [0.3, 0.4) is 0 Å². The van der Waals surface area contributed by atoms with E-state index < -0.39 is 15.7 Å². The van der Waals surface area contributed by atoms with Crippen LogP contribution >= 0.6 is 0 Å². The normalized spacial score (nSPS) is 14.4. The number of carbonyl (C=O) groups excluding carboxylic acids is 2. The second kappa shape index (κ2) is 9.40. The van der Waals surface area contributed by atoms with Crippen LogP contribution in [0.5, 0.6) is 0 Å². The van der Waals surface area contributed by atoms with E-state index in [0.29, 0.717) is 18.5 Å². The molecule has 1 fully saturated rings. The minimum absolute atomic E-state index is 0.0214. The Morgan fingerprint density at radius 2 is 1.84 bits per heavy atom. The molecule has 0 bridgehead atoms. The summed E-state index contributed by atoms with van der Waals surface area (Å²) < 4.78 is 30.6. The van der Waals surface area contributed by atoms with Gasteiger partial charge in [0.25, 0.3) is 5.91 Å². The molecular weight excluding hydrogens is 428 g/mol. The first-order chi connectivity index (χ1) is 15.4. The average molecular weight is 453 g/mol. The Balaban J connectivity index is 1.43. The maximum absolute atomic E-state index is 12.7. The number of hydrogen-bond donors (Lipinski definition) is 1. The predicted octanol–water partition coefficient (Wildman–Crippen LogP) is 3.70. The van der Waals surface area contributed by atoms with Crippen LogP contribution in [0, 0.1) is 0 Å². The molecule has 32 heavy (non-hydrogen) atoms. The lowest BCUT2D eigenvalue weighted by atomic mass is 10.1. The Kier molecular flexibility index (Phi) is 6.41. The first-order valence-corrected chi connectivity index (χ1v) is 12.1. The molecule has 1 saturated heterocycles. The molecule has 1 aliphatic heterocycles. The number of carbonyl (C=O) groups is 2. The highest BCUT2D eigenvalue weighted by Crippen LogP contribution is 2.23. The van der Waals surface area contributed by atoms with E-state index in [9.17, 15) is 18.0 Å². The smallest absolute Gasteiger partial charge is 0.287 e. The van der Waals surface area contributed by atoms with E-state index in [4.69, 9.17) is 4.42 Å². The van der Waals surface area contributed by atoms with Gasteiger partial charge in [-0.3, -0.25) is 9.59 Å². The van der Waals surface area contributed by atoms with Crippen LogP contribution in [0.2, 0.25) is 0 Å². The van der Waals surface area contributed by atoms with Crippen LogP contribution in [-0.2, 0) is 26.9 Å². The molecule has 2 heterocycles. The van der Waals surface area contributed by atoms with Gasteiger partial charge in [0, 0.05) is 30.8 Å². The summed E-state index contributed by atoms with van der Waals surface area (Å²) in [7, 11) is -3.61. The van der Waals surface area contributed by atoms with Gasteiger partial charge < -0.3 is 14.6 Å². The van der Waals surface area contributed by atoms with Crippen molar-refractivity contribution in [1.29, 1.82) is 0 Å². The zero-order chi connectivity index (χ0) is 22.6. The van der Waals surface area contributed by atoms with Gasteiger partial charge in [-0.15, -0.1) is 0 Å². The molecule has 0 unspecified atom stereocenters. The fraction of sp³-hybridized carbons (Fsp3) is 0.250. The molecule has 0 radical (unpaired) electrons. The maximum atomic E-state index is 12.7. The fourth-order valence-electron chi connectivity index (χ4n) is 3.74. The third-order valence-electron chi connectivity index (χ3n) is 5.40. The van der Waals surface area contributed by atoms with Gasteiger partial charge in [-0.1, -0.05) is 30.3 Å². The number of sulfone groups is 1. The number of furan rings is 1. The summed E-state index contributed by atoms with van der Waals surface area (Å²) in [4.78, 5) is 26.8. The highest BCUT2D eigenvalue weighted by Gasteiger charge is 2.23.